The van der Waals surface area contributed by atoms with E-state index < -0.39 is 5.91 Å². The predicted octanol–water partition coefficient (Wildman–Crippen LogP) is 4.94. The molecule has 0 aliphatic carbocycles. The van der Waals surface area contributed by atoms with E-state index >= 15 is 0 Å². The van der Waals surface area contributed by atoms with E-state index in [0.717, 1.165) is 15.6 Å². The second-order valence-electron chi connectivity index (χ2n) is 5.64. The van der Waals surface area contributed by atoms with Crippen LogP contribution in [0.15, 0.2) is 51.1 Å². The molecule has 128 valence electrons. The molecule has 2 N–H and O–H groups in total. The number of benzene rings is 2. The van der Waals surface area contributed by atoms with Gasteiger partial charge in [0.1, 0.15) is 5.75 Å². The first-order chi connectivity index (χ1) is 11.9. The van der Waals surface area contributed by atoms with Crippen LogP contribution in [0.2, 0.25) is 0 Å². The van der Waals surface area contributed by atoms with Crippen LogP contribution in [0.4, 0.5) is 5.69 Å². The Labute approximate surface area is 152 Å². The van der Waals surface area contributed by atoms with Crippen molar-refractivity contribution in [3.05, 3.63) is 52.0 Å². The average molecular weight is 402 g/mol. The summed E-state index contributed by atoms with van der Waals surface area (Å²) < 4.78 is 6.26. The lowest BCUT2D eigenvalue weighted by Gasteiger charge is -2.05. The Morgan fingerprint density at radius 3 is 2.76 bits per heavy atom. The third kappa shape index (κ3) is 3.88. The van der Waals surface area contributed by atoms with Gasteiger partial charge in [-0.05, 0) is 55.3 Å². The van der Waals surface area contributed by atoms with E-state index in [2.05, 4.69) is 31.1 Å². The number of carbonyl (C=O) groups excluding carboxylic acids is 1. The number of aromatic nitrogens is 1. The Kier molecular flexibility index (Phi) is 4.85. The Hall–Kier alpha value is -2.67. The van der Waals surface area contributed by atoms with Crippen LogP contribution in [-0.2, 0) is 4.79 Å². The fourth-order valence-corrected chi connectivity index (χ4v) is 2.68. The molecule has 0 aliphatic heterocycles. The fraction of sp³-hybridized carbons (Fsp3) is 0.167. The second kappa shape index (κ2) is 7.06. The number of fused-ring (bicyclic) bond motifs is 1. The van der Waals surface area contributed by atoms with Crippen LogP contribution in [0.1, 0.15) is 11.1 Å². The van der Waals surface area contributed by atoms with Gasteiger partial charge in [-0.15, -0.1) is 10.2 Å². The van der Waals surface area contributed by atoms with Crippen LogP contribution in [0.3, 0.4) is 0 Å². The van der Waals surface area contributed by atoms with E-state index in [0.29, 0.717) is 16.7 Å². The molecule has 1 amide bonds. The quantitative estimate of drug-likeness (QED) is 0.606. The van der Waals surface area contributed by atoms with E-state index in [1.54, 1.807) is 18.2 Å². The van der Waals surface area contributed by atoms with E-state index in [1.165, 1.54) is 0 Å². The SMILES string of the molecule is Cc1ccc(OCC(=O)N=Nc2c(O)[nH]c3ccc(Br)cc23)cc1C. The number of carbonyl (C=O) groups is 1. The largest absolute Gasteiger partial charge is 0.493 e. The highest BCUT2D eigenvalue weighted by Crippen LogP contribution is 2.36. The van der Waals surface area contributed by atoms with Crippen LogP contribution in [-0.4, -0.2) is 22.6 Å². The molecule has 0 unspecified atom stereocenters. The minimum Gasteiger partial charge on any atom is -0.493 e. The molecule has 3 aromatic rings. The Morgan fingerprint density at radius 2 is 2.00 bits per heavy atom. The summed E-state index contributed by atoms with van der Waals surface area (Å²) in [7, 11) is 0. The number of H-pyrrole nitrogens is 1. The van der Waals surface area contributed by atoms with Crippen molar-refractivity contribution in [2.24, 2.45) is 10.2 Å². The summed E-state index contributed by atoms with van der Waals surface area (Å²) in [4.78, 5) is 14.7. The van der Waals surface area contributed by atoms with Crippen molar-refractivity contribution in [2.75, 3.05) is 6.61 Å². The van der Waals surface area contributed by atoms with Crippen molar-refractivity contribution < 1.29 is 14.6 Å². The molecule has 0 saturated carbocycles. The number of aryl methyl sites for hydroxylation is 2. The van der Waals surface area contributed by atoms with Crippen molar-refractivity contribution in [3.63, 3.8) is 0 Å². The number of nitrogens with zero attached hydrogens (tertiary/aromatic N) is 2. The minimum atomic E-state index is -0.540. The van der Waals surface area contributed by atoms with Gasteiger partial charge in [0.15, 0.2) is 12.3 Å². The number of nitrogens with one attached hydrogen (secondary N) is 1. The number of aromatic hydroxyl groups is 1. The lowest BCUT2D eigenvalue weighted by molar-refractivity contribution is -0.120. The topological polar surface area (TPSA) is 87.0 Å². The first-order valence-corrected chi connectivity index (χ1v) is 8.38. The average Bonchev–Trinajstić information content (AvgIpc) is 2.88. The summed E-state index contributed by atoms with van der Waals surface area (Å²) in [6, 6.07) is 11.0. The van der Waals surface area contributed by atoms with Crippen molar-refractivity contribution in [1.82, 2.24) is 4.98 Å². The number of hydrogen-bond acceptors (Lipinski definition) is 4. The number of aromatic amines is 1. The Bertz CT molecular complexity index is 979. The van der Waals surface area contributed by atoms with E-state index in [-0.39, 0.29) is 18.2 Å². The second-order valence-corrected chi connectivity index (χ2v) is 6.56. The highest BCUT2D eigenvalue weighted by molar-refractivity contribution is 9.10. The van der Waals surface area contributed by atoms with Gasteiger partial charge in [-0.3, -0.25) is 4.79 Å². The molecule has 0 saturated heterocycles. The maximum atomic E-state index is 11.9. The maximum Gasteiger partial charge on any atom is 0.302 e. The van der Waals surface area contributed by atoms with Gasteiger partial charge >= 0.3 is 5.91 Å². The highest BCUT2D eigenvalue weighted by atomic mass is 79.9. The minimum absolute atomic E-state index is 0.139. The van der Waals surface area contributed by atoms with Gasteiger partial charge in [-0.1, -0.05) is 22.0 Å². The summed E-state index contributed by atoms with van der Waals surface area (Å²) in [6.07, 6.45) is 0. The zero-order valence-electron chi connectivity index (χ0n) is 13.7. The number of hydrogen-bond donors (Lipinski definition) is 2. The molecule has 3 rings (SSSR count). The van der Waals surface area contributed by atoms with Gasteiger partial charge in [0.05, 0.1) is 5.52 Å². The molecule has 1 aromatic heterocycles. The van der Waals surface area contributed by atoms with E-state index in [4.69, 9.17) is 4.74 Å². The lowest BCUT2D eigenvalue weighted by Crippen LogP contribution is -2.08. The molecule has 1 heterocycles. The fourth-order valence-electron chi connectivity index (χ4n) is 2.32. The molecule has 6 nitrogen and oxygen atoms in total. The molecule has 0 aliphatic rings. The van der Waals surface area contributed by atoms with Crippen molar-refractivity contribution in [2.45, 2.75) is 13.8 Å². The number of ether oxygens (including phenoxy) is 1. The number of rotatable bonds is 4. The Balaban J connectivity index is 1.71. The molecule has 7 heteroatoms. The molecule has 0 atom stereocenters. The van der Waals surface area contributed by atoms with E-state index in [9.17, 15) is 9.90 Å². The van der Waals surface area contributed by atoms with E-state index in [1.807, 2.05) is 32.0 Å². The zero-order chi connectivity index (χ0) is 18.0. The van der Waals surface area contributed by atoms with Crippen molar-refractivity contribution in [3.8, 4) is 11.6 Å². The smallest absolute Gasteiger partial charge is 0.302 e. The standard InChI is InChI=1S/C18H16BrN3O3/c1-10-3-5-13(7-11(10)2)25-9-16(23)21-22-17-14-8-12(19)4-6-15(14)20-18(17)24/h3-8,20,24H,9H2,1-2H3. The van der Waals surface area contributed by atoms with Crippen LogP contribution in [0.5, 0.6) is 11.6 Å². The number of amides is 1. The maximum absolute atomic E-state index is 11.9. The summed E-state index contributed by atoms with van der Waals surface area (Å²) in [5.41, 5.74) is 3.16. The van der Waals surface area contributed by atoms with Gasteiger partial charge in [0.2, 0.25) is 5.88 Å². The number of azo groups is 1. The van der Waals surface area contributed by atoms with Gasteiger partial charge in [-0.25, -0.2) is 0 Å². The van der Waals surface area contributed by atoms with Crippen molar-refractivity contribution in [1.29, 1.82) is 0 Å². The first-order valence-electron chi connectivity index (χ1n) is 7.59. The number of halogens is 1. The molecule has 2 aromatic carbocycles. The molecular formula is C18H16BrN3O3. The first kappa shape index (κ1) is 17.2. The summed E-state index contributed by atoms with van der Waals surface area (Å²) >= 11 is 3.36. The van der Waals surface area contributed by atoms with Crippen LogP contribution >= 0.6 is 15.9 Å². The zero-order valence-corrected chi connectivity index (χ0v) is 15.3. The highest BCUT2D eigenvalue weighted by Gasteiger charge is 2.11. The summed E-state index contributed by atoms with van der Waals surface area (Å²) in [5.74, 6) is -0.0766. The van der Waals surface area contributed by atoms with Crippen molar-refractivity contribution >= 4 is 38.4 Å². The summed E-state index contributed by atoms with van der Waals surface area (Å²) in [5, 5.41) is 18.1. The monoisotopic (exact) mass is 401 g/mol. The Morgan fingerprint density at radius 1 is 1.20 bits per heavy atom. The van der Waals surface area contributed by atoms with Crippen LogP contribution in [0.25, 0.3) is 10.9 Å². The van der Waals surface area contributed by atoms with Gasteiger partial charge < -0.3 is 14.8 Å². The van der Waals surface area contributed by atoms with Gasteiger partial charge in [0.25, 0.3) is 0 Å². The van der Waals surface area contributed by atoms with Gasteiger partial charge in [0, 0.05) is 9.86 Å². The third-order valence-corrected chi connectivity index (χ3v) is 4.31. The molecule has 0 bridgehead atoms. The van der Waals surface area contributed by atoms with Crippen LogP contribution in [0, 0.1) is 13.8 Å². The predicted molar refractivity (Wildman–Crippen MR) is 98.6 cm³/mol. The normalized spacial score (nSPS) is 11.3. The third-order valence-electron chi connectivity index (χ3n) is 3.82. The molecular weight excluding hydrogens is 386 g/mol. The van der Waals surface area contributed by atoms with Gasteiger partial charge in [-0.2, -0.15) is 0 Å². The lowest BCUT2D eigenvalue weighted by atomic mass is 10.1. The molecule has 0 radical (unpaired) electrons. The molecule has 0 fully saturated rings. The molecule has 0 spiro atoms. The summed E-state index contributed by atoms with van der Waals surface area (Å²) in [6.45, 7) is 3.75. The van der Waals surface area contributed by atoms with Crippen LogP contribution < -0.4 is 4.74 Å². The molecule has 25 heavy (non-hydrogen) atoms.